The first-order valence-electron chi connectivity index (χ1n) is 9.85. The number of thioether (sulfide) groups is 1. The van der Waals surface area contributed by atoms with E-state index in [2.05, 4.69) is 20.8 Å². The molecule has 0 radical (unpaired) electrons. The molecule has 0 aliphatic rings. The Morgan fingerprint density at radius 1 is 1.23 bits per heavy atom. The zero-order valence-corrected chi connectivity index (χ0v) is 18.2. The van der Waals surface area contributed by atoms with E-state index in [1.165, 1.54) is 4.68 Å². The van der Waals surface area contributed by atoms with Crippen molar-refractivity contribution in [3.05, 3.63) is 54.1 Å². The minimum absolute atomic E-state index is 0.209. The lowest BCUT2D eigenvalue weighted by Crippen LogP contribution is -2.36. The highest BCUT2D eigenvalue weighted by Crippen LogP contribution is 2.32. The standard InChI is InChI=1S/C21H25N5O4S/c1-3-29-19-13-15(14-22-17(20(27)28)11-12-31-2)9-10-18(19)30-21-23-24-25-26(21)16-7-5-4-6-8-16/h4-10,13,17,22H,3,11-12,14H2,1-2H3,(H,27,28). The number of hydrogen-bond donors (Lipinski definition) is 2. The Morgan fingerprint density at radius 2 is 2.03 bits per heavy atom. The summed E-state index contributed by atoms with van der Waals surface area (Å²) in [4.78, 5) is 11.4. The number of carboxylic acids is 1. The first kappa shape index (κ1) is 22.6. The quantitative estimate of drug-likeness (QED) is 0.436. The van der Waals surface area contributed by atoms with Crippen LogP contribution in [0.2, 0.25) is 0 Å². The zero-order valence-electron chi connectivity index (χ0n) is 17.4. The molecule has 1 aromatic heterocycles. The van der Waals surface area contributed by atoms with Gasteiger partial charge in [-0.05, 0) is 65.6 Å². The molecule has 10 heteroatoms. The third-order valence-corrected chi connectivity index (χ3v) is 5.06. The van der Waals surface area contributed by atoms with Gasteiger partial charge in [0.1, 0.15) is 6.04 Å². The summed E-state index contributed by atoms with van der Waals surface area (Å²) in [5.74, 6) is 0.916. The summed E-state index contributed by atoms with van der Waals surface area (Å²) in [5.41, 5.74) is 1.65. The molecule has 1 unspecified atom stereocenters. The molecule has 0 bridgehead atoms. The Hall–Kier alpha value is -3.11. The van der Waals surface area contributed by atoms with Crippen molar-refractivity contribution in [2.75, 3.05) is 18.6 Å². The van der Waals surface area contributed by atoms with Crippen LogP contribution >= 0.6 is 11.8 Å². The van der Waals surface area contributed by atoms with Gasteiger partial charge in [-0.1, -0.05) is 29.4 Å². The highest BCUT2D eigenvalue weighted by molar-refractivity contribution is 7.98. The van der Waals surface area contributed by atoms with Crippen LogP contribution < -0.4 is 14.8 Å². The number of hydrogen-bond acceptors (Lipinski definition) is 8. The molecule has 9 nitrogen and oxygen atoms in total. The van der Waals surface area contributed by atoms with Crippen molar-refractivity contribution in [2.24, 2.45) is 0 Å². The molecule has 2 aromatic carbocycles. The first-order valence-corrected chi connectivity index (χ1v) is 11.2. The van der Waals surface area contributed by atoms with E-state index in [4.69, 9.17) is 9.47 Å². The molecule has 0 saturated heterocycles. The van der Waals surface area contributed by atoms with Gasteiger partial charge in [-0.2, -0.15) is 16.4 Å². The molecule has 0 aliphatic carbocycles. The largest absolute Gasteiger partial charge is 0.490 e. The van der Waals surface area contributed by atoms with Gasteiger partial charge in [0.25, 0.3) is 0 Å². The summed E-state index contributed by atoms with van der Waals surface area (Å²) in [6.07, 6.45) is 2.51. The van der Waals surface area contributed by atoms with E-state index >= 15 is 0 Å². The van der Waals surface area contributed by atoms with Crippen LogP contribution in [0, 0.1) is 0 Å². The molecule has 1 heterocycles. The Labute approximate surface area is 184 Å². The Morgan fingerprint density at radius 3 is 2.74 bits per heavy atom. The van der Waals surface area contributed by atoms with Gasteiger partial charge in [0.2, 0.25) is 0 Å². The topological polar surface area (TPSA) is 111 Å². The van der Waals surface area contributed by atoms with Gasteiger partial charge in [-0.3, -0.25) is 4.79 Å². The molecule has 164 valence electrons. The van der Waals surface area contributed by atoms with E-state index in [1.807, 2.05) is 55.6 Å². The number of benzene rings is 2. The fraction of sp³-hybridized carbons (Fsp3) is 0.333. The van der Waals surface area contributed by atoms with Gasteiger partial charge >= 0.3 is 12.0 Å². The summed E-state index contributed by atoms with van der Waals surface area (Å²) >= 11 is 1.62. The summed E-state index contributed by atoms with van der Waals surface area (Å²) in [6.45, 7) is 2.72. The normalized spacial score (nSPS) is 11.8. The lowest BCUT2D eigenvalue weighted by atomic mass is 10.1. The first-order chi connectivity index (χ1) is 15.1. The average Bonchev–Trinajstić information content (AvgIpc) is 3.24. The van der Waals surface area contributed by atoms with E-state index in [0.29, 0.717) is 31.1 Å². The molecule has 3 aromatic rings. The molecule has 0 amide bonds. The van der Waals surface area contributed by atoms with E-state index < -0.39 is 12.0 Å². The minimum atomic E-state index is -0.855. The molecule has 0 spiro atoms. The van der Waals surface area contributed by atoms with Crippen LogP contribution in [0.15, 0.2) is 48.5 Å². The number of carbonyl (C=O) groups is 1. The van der Waals surface area contributed by atoms with Crippen LogP contribution in [-0.2, 0) is 11.3 Å². The van der Waals surface area contributed by atoms with Crippen molar-refractivity contribution < 1.29 is 19.4 Å². The van der Waals surface area contributed by atoms with Gasteiger partial charge < -0.3 is 19.9 Å². The summed E-state index contributed by atoms with van der Waals surface area (Å²) in [7, 11) is 0. The van der Waals surface area contributed by atoms with Crippen LogP contribution in [0.3, 0.4) is 0 Å². The highest BCUT2D eigenvalue weighted by Gasteiger charge is 2.18. The van der Waals surface area contributed by atoms with E-state index in [1.54, 1.807) is 17.8 Å². The zero-order chi connectivity index (χ0) is 22.1. The monoisotopic (exact) mass is 443 g/mol. The number of rotatable bonds is 12. The molecule has 0 saturated carbocycles. The van der Waals surface area contributed by atoms with Crippen LogP contribution in [-0.4, -0.2) is 55.9 Å². The number of nitrogens with zero attached hydrogens (tertiary/aromatic N) is 4. The molecule has 2 N–H and O–H groups in total. The number of aromatic nitrogens is 4. The molecule has 0 aliphatic heterocycles. The smallest absolute Gasteiger partial charge is 0.346 e. The maximum absolute atomic E-state index is 11.4. The second kappa shape index (κ2) is 11.3. The van der Waals surface area contributed by atoms with Gasteiger partial charge in [0.15, 0.2) is 11.5 Å². The third-order valence-electron chi connectivity index (χ3n) is 4.41. The lowest BCUT2D eigenvalue weighted by molar-refractivity contribution is -0.139. The summed E-state index contributed by atoms with van der Waals surface area (Å²) in [6, 6.07) is 14.5. The molecule has 31 heavy (non-hydrogen) atoms. The second-order valence-electron chi connectivity index (χ2n) is 6.58. The van der Waals surface area contributed by atoms with Gasteiger partial charge in [-0.25, -0.2) is 0 Å². The van der Waals surface area contributed by atoms with Crippen LogP contribution in [0.25, 0.3) is 5.69 Å². The van der Waals surface area contributed by atoms with E-state index in [9.17, 15) is 9.90 Å². The molecule has 1 atom stereocenters. The highest BCUT2D eigenvalue weighted by atomic mass is 32.2. The second-order valence-corrected chi connectivity index (χ2v) is 7.56. The average molecular weight is 444 g/mol. The van der Waals surface area contributed by atoms with Crippen molar-refractivity contribution in [3.63, 3.8) is 0 Å². The molecular weight excluding hydrogens is 418 g/mol. The van der Waals surface area contributed by atoms with Crippen LogP contribution in [0.1, 0.15) is 18.9 Å². The minimum Gasteiger partial charge on any atom is -0.490 e. The fourth-order valence-corrected chi connectivity index (χ4v) is 3.35. The van der Waals surface area contributed by atoms with Gasteiger partial charge in [0, 0.05) is 6.54 Å². The van der Waals surface area contributed by atoms with Crippen molar-refractivity contribution in [1.29, 1.82) is 0 Å². The van der Waals surface area contributed by atoms with Gasteiger partial charge in [-0.15, -0.1) is 0 Å². The number of tetrazole rings is 1. The van der Waals surface area contributed by atoms with Crippen molar-refractivity contribution in [1.82, 2.24) is 25.5 Å². The lowest BCUT2D eigenvalue weighted by Gasteiger charge is -2.16. The van der Waals surface area contributed by atoms with Crippen LogP contribution in [0.4, 0.5) is 0 Å². The molecular formula is C21H25N5O4S. The number of aliphatic carboxylic acids is 1. The summed E-state index contributed by atoms with van der Waals surface area (Å²) < 4.78 is 13.2. The Kier molecular flexibility index (Phi) is 8.25. The SMILES string of the molecule is CCOc1cc(CNC(CCSC)C(=O)O)ccc1Oc1nnnn1-c1ccccc1. The maximum atomic E-state index is 11.4. The predicted octanol–water partition coefficient (Wildman–Crippen LogP) is 3.15. The number of nitrogens with one attached hydrogen (secondary N) is 1. The number of carboxylic acid groups (broad SMARTS) is 1. The maximum Gasteiger partial charge on any atom is 0.346 e. The molecule has 3 rings (SSSR count). The number of ether oxygens (including phenoxy) is 2. The van der Waals surface area contributed by atoms with Gasteiger partial charge in [0.05, 0.1) is 12.3 Å². The van der Waals surface area contributed by atoms with Crippen LogP contribution in [0.5, 0.6) is 17.5 Å². The third kappa shape index (κ3) is 6.19. The van der Waals surface area contributed by atoms with Crippen molar-refractivity contribution in [3.8, 4) is 23.2 Å². The fourth-order valence-electron chi connectivity index (χ4n) is 2.88. The Bertz CT molecular complexity index is 983. The van der Waals surface area contributed by atoms with E-state index in [0.717, 1.165) is 17.0 Å². The molecule has 0 fully saturated rings. The Balaban J connectivity index is 1.76. The van der Waals surface area contributed by atoms with E-state index in [-0.39, 0.29) is 6.01 Å². The number of para-hydroxylation sites is 1. The van der Waals surface area contributed by atoms with Crippen molar-refractivity contribution >= 4 is 17.7 Å². The van der Waals surface area contributed by atoms with Crippen molar-refractivity contribution in [2.45, 2.75) is 25.9 Å². The predicted molar refractivity (Wildman–Crippen MR) is 118 cm³/mol. The summed E-state index contributed by atoms with van der Waals surface area (Å²) in [5, 5.41) is 24.1.